The van der Waals surface area contributed by atoms with E-state index in [-0.39, 0.29) is 11.9 Å². The number of halogens is 1. The Bertz CT molecular complexity index is 489. The molecule has 6 nitrogen and oxygen atoms in total. The third-order valence-electron chi connectivity index (χ3n) is 4.07. The fourth-order valence-electron chi connectivity index (χ4n) is 2.56. The first-order chi connectivity index (χ1) is 11.1. The number of pyridine rings is 1. The first-order valence-electron chi connectivity index (χ1n) is 8.06. The van der Waals surface area contributed by atoms with Crippen molar-refractivity contribution in [3.63, 3.8) is 0 Å². The number of carbonyl (C=O) groups excluding carboxylic acids is 1. The van der Waals surface area contributed by atoms with E-state index in [9.17, 15) is 4.79 Å². The summed E-state index contributed by atoms with van der Waals surface area (Å²) < 4.78 is 5.39. The molecule has 128 valence electrons. The molecule has 0 unspecified atom stereocenters. The van der Waals surface area contributed by atoms with Crippen LogP contribution in [0.1, 0.15) is 13.8 Å². The number of piperazine rings is 1. The highest BCUT2D eigenvalue weighted by atomic mass is 35.5. The van der Waals surface area contributed by atoms with Crippen LogP contribution in [0, 0.1) is 0 Å². The number of anilines is 1. The van der Waals surface area contributed by atoms with Gasteiger partial charge in [0.25, 0.3) is 0 Å². The summed E-state index contributed by atoms with van der Waals surface area (Å²) >= 11 is 5.79. The highest BCUT2D eigenvalue weighted by molar-refractivity contribution is 6.30. The fraction of sp³-hybridized carbons (Fsp3) is 0.625. The molecule has 0 spiro atoms. The van der Waals surface area contributed by atoms with E-state index in [0.717, 1.165) is 45.9 Å². The van der Waals surface area contributed by atoms with Crippen molar-refractivity contribution in [2.75, 3.05) is 51.3 Å². The van der Waals surface area contributed by atoms with Gasteiger partial charge in [-0.1, -0.05) is 11.6 Å². The van der Waals surface area contributed by atoms with Gasteiger partial charge in [-0.3, -0.25) is 14.6 Å². The van der Waals surface area contributed by atoms with Crippen molar-refractivity contribution < 1.29 is 9.53 Å². The van der Waals surface area contributed by atoms with Gasteiger partial charge in [0, 0.05) is 45.5 Å². The zero-order valence-electron chi connectivity index (χ0n) is 13.8. The molecule has 0 aromatic carbocycles. The van der Waals surface area contributed by atoms with E-state index in [0.29, 0.717) is 10.8 Å². The second kappa shape index (κ2) is 9.17. The molecule has 0 saturated carbocycles. The Kier molecular flexibility index (Phi) is 7.23. The molecule has 1 aromatic heterocycles. The first kappa shape index (κ1) is 18.1. The number of nitrogens with zero attached hydrogens (tertiary/aromatic N) is 3. The number of amides is 1. The Balaban J connectivity index is 1.76. The van der Waals surface area contributed by atoms with Crippen LogP contribution >= 0.6 is 11.6 Å². The number of hydrogen-bond acceptors (Lipinski definition) is 5. The third kappa shape index (κ3) is 5.73. The van der Waals surface area contributed by atoms with E-state index in [1.54, 1.807) is 12.1 Å². The van der Waals surface area contributed by atoms with Gasteiger partial charge in [0.2, 0.25) is 5.91 Å². The maximum absolute atomic E-state index is 12.3. The molecule has 1 atom stereocenters. The van der Waals surface area contributed by atoms with E-state index < -0.39 is 0 Å². The van der Waals surface area contributed by atoms with Gasteiger partial charge < -0.3 is 10.1 Å². The Hall–Kier alpha value is -1.21. The smallest absolute Gasteiger partial charge is 0.242 e. The average molecular weight is 341 g/mol. The lowest BCUT2D eigenvalue weighted by Crippen LogP contribution is -2.53. The summed E-state index contributed by atoms with van der Waals surface area (Å²) in [5, 5.41) is 3.39. The Morgan fingerprint density at radius 3 is 2.74 bits per heavy atom. The Labute approximate surface area is 142 Å². The zero-order chi connectivity index (χ0) is 16.7. The molecule has 1 fully saturated rings. The van der Waals surface area contributed by atoms with Crippen LogP contribution in [0.15, 0.2) is 18.3 Å². The molecule has 0 bridgehead atoms. The minimum absolute atomic E-state index is 0.0393. The van der Waals surface area contributed by atoms with E-state index in [2.05, 4.69) is 20.1 Å². The van der Waals surface area contributed by atoms with Gasteiger partial charge in [0.1, 0.15) is 5.82 Å². The molecule has 1 saturated heterocycles. The van der Waals surface area contributed by atoms with Crippen molar-refractivity contribution in [1.29, 1.82) is 0 Å². The van der Waals surface area contributed by atoms with Crippen LogP contribution in [0.4, 0.5) is 5.82 Å². The summed E-state index contributed by atoms with van der Waals surface area (Å²) in [6.07, 6.45) is 1.53. The first-order valence-corrected chi connectivity index (χ1v) is 8.44. The molecule has 1 N–H and O–H groups in total. The van der Waals surface area contributed by atoms with E-state index in [1.165, 1.54) is 6.20 Å². The highest BCUT2D eigenvalue weighted by Gasteiger charge is 2.25. The average Bonchev–Trinajstić information content (AvgIpc) is 2.57. The number of ether oxygens (including phenoxy) is 1. The van der Waals surface area contributed by atoms with Crippen LogP contribution in [0.5, 0.6) is 0 Å². The van der Waals surface area contributed by atoms with Crippen LogP contribution in [-0.2, 0) is 9.53 Å². The summed E-state index contributed by atoms with van der Waals surface area (Å²) in [6.45, 7) is 10.1. The molecule has 7 heteroatoms. The maximum Gasteiger partial charge on any atom is 0.242 e. The van der Waals surface area contributed by atoms with Crippen molar-refractivity contribution in [1.82, 2.24) is 14.8 Å². The van der Waals surface area contributed by atoms with Gasteiger partial charge in [-0.05, 0) is 26.0 Å². The van der Waals surface area contributed by atoms with Gasteiger partial charge >= 0.3 is 0 Å². The molecule has 23 heavy (non-hydrogen) atoms. The van der Waals surface area contributed by atoms with Crippen LogP contribution < -0.4 is 5.32 Å². The normalized spacial score (nSPS) is 17.9. The highest BCUT2D eigenvalue weighted by Crippen LogP contribution is 2.12. The predicted molar refractivity (Wildman–Crippen MR) is 91.8 cm³/mol. The standard InChI is InChI=1S/C16H25ClN4O2/c1-3-23-11-10-20-6-8-21(9-7-20)13(2)16(22)19-15-5-4-14(17)12-18-15/h4-5,12-13H,3,6-11H2,1-2H3,(H,18,19,22)/t13-/m0/s1. The SMILES string of the molecule is CCOCCN1CCN([C@@H](C)C(=O)Nc2ccc(Cl)cn2)CC1. The van der Waals surface area contributed by atoms with E-state index >= 15 is 0 Å². The van der Waals surface area contributed by atoms with Crippen LogP contribution in [0.3, 0.4) is 0 Å². The van der Waals surface area contributed by atoms with Gasteiger partial charge in [0.15, 0.2) is 0 Å². The van der Waals surface area contributed by atoms with Crippen LogP contribution in [-0.4, -0.2) is 72.7 Å². The van der Waals surface area contributed by atoms with Crippen molar-refractivity contribution in [2.45, 2.75) is 19.9 Å². The summed E-state index contributed by atoms with van der Waals surface area (Å²) in [6, 6.07) is 3.24. The predicted octanol–water partition coefficient (Wildman–Crippen LogP) is 1.72. The molecule has 0 aliphatic carbocycles. The summed E-state index contributed by atoms with van der Waals surface area (Å²) in [4.78, 5) is 21.0. The van der Waals surface area contributed by atoms with Gasteiger partial charge in [-0.2, -0.15) is 0 Å². The lowest BCUT2D eigenvalue weighted by atomic mass is 10.2. The number of aromatic nitrogens is 1. The molecule has 1 amide bonds. The Morgan fingerprint density at radius 1 is 1.39 bits per heavy atom. The molecule has 1 aliphatic rings. The fourth-order valence-corrected chi connectivity index (χ4v) is 2.67. The topological polar surface area (TPSA) is 57.7 Å². The van der Waals surface area contributed by atoms with Gasteiger partial charge in [-0.15, -0.1) is 0 Å². The summed E-state index contributed by atoms with van der Waals surface area (Å²) in [5.74, 6) is 0.490. The molecule has 1 aromatic rings. The van der Waals surface area contributed by atoms with Gasteiger partial charge in [-0.25, -0.2) is 4.98 Å². The third-order valence-corrected chi connectivity index (χ3v) is 4.29. The summed E-state index contributed by atoms with van der Waals surface area (Å²) in [7, 11) is 0. The molecular formula is C16H25ClN4O2. The Morgan fingerprint density at radius 2 is 2.13 bits per heavy atom. The molecule has 2 rings (SSSR count). The number of rotatable bonds is 7. The number of carbonyl (C=O) groups is 1. The monoisotopic (exact) mass is 340 g/mol. The molecular weight excluding hydrogens is 316 g/mol. The summed E-state index contributed by atoms with van der Waals surface area (Å²) in [5.41, 5.74) is 0. The van der Waals surface area contributed by atoms with Crippen LogP contribution in [0.2, 0.25) is 5.02 Å². The quantitative estimate of drug-likeness (QED) is 0.766. The molecule has 2 heterocycles. The van der Waals surface area contributed by atoms with Gasteiger partial charge in [0.05, 0.1) is 17.7 Å². The zero-order valence-corrected chi connectivity index (χ0v) is 14.6. The molecule has 1 aliphatic heterocycles. The largest absolute Gasteiger partial charge is 0.380 e. The molecule has 0 radical (unpaired) electrons. The van der Waals surface area contributed by atoms with Crippen molar-refractivity contribution >= 4 is 23.3 Å². The number of hydrogen-bond donors (Lipinski definition) is 1. The van der Waals surface area contributed by atoms with Crippen molar-refractivity contribution in [2.24, 2.45) is 0 Å². The lowest BCUT2D eigenvalue weighted by Gasteiger charge is -2.37. The second-order valence-electron chi connectivity index (χ2n) is 5.60. The number of nitrogens with one attached hydrogen (secondary N) is 1. The minimum atomic E-state index is -0.179. The lowest BCUT2D eigenvalue weighted by molar-refractivity contribution is -0.121. The second-order valence-corrected chi connectivity index (χ2v) is 6.04. The van der Waals surface area contributed by atoms with Crippen molar-refractivity contribution in [3.05, 3.63) is 23.4 Å². The van der Waals surface area contributed by atoms with Crippen molar-refractivity contribution in [3.8, 4) is 0 Å². The van der Waals surface area contributed by atoms with Crippen LogP contribution in [0.25, 0.3) is 0 Å². The minimum Gasteiger partial charge on any atom is -0.380 e. The maximum atomic E-state index is 12.3. The van der Waals surface area contributed by atoms with E-state index in [4.69, 9.17) is 16.3 Å². The van der Waals surface area contributed by atoms with E-state index in [1.807, 2.05) is 13.8 Å².